The summed E-state index contributed by atoms with van der Waals surface area (Å²) in [4.78, 5) is 20.6. The summed E-state index contributed by atoms with van der Waals surface area (Å²) in [6.45, 7) is 2.65. The van der Waals surface area contributed by atoms with Gasteiger partial charge >= 0.3 is 0 Å². The van der Waals surface area contributed by atoms with Gasteiger partial charge in [-0.3, -0.25) is 4.79 Å². The average molecular weight is 387 g/mol. The lowest BCUT2D eigenvalue weighted by Gasteiger charge is -2.08. The van der Waals surface area contributed by atoms with Gasteiger partial charge in [0.25, 0.3) is 5.91 Å². The van der Waals surface area contributed by atoms with Crippen LogP contribution in [0.25, 0.3) is 0 Å². The fraction of sp³-hybridized carbons (Fsp3) is 0.105. The third kappa shape index (κ3) is 4.71. The number of nitrogens with zero attached hydrogens (tertiary/aromatic N) is 2. The largest absolute Gasteiger partial charge is 0.350 e. The van der Waals surface area contributed by atoms with Gasteiger partial charge < -0.3 is 10.6 Å². The van der Waals surface area contributed by atoms with Gasteiger partial charge in [0.05, 0.1) is 16.3 Å². The molecule has 2 aromatic carbocycles. The molecular weight excluding hydrogens is 371 g/mol. The van der Waals surface area contributed by atoms with Crippen LogP contribution in [0.15, 0.2) is 54.9 Å². The first-order valence-electron chi connectivity index (χ1n) is 7.89. The highest BCUT2D eigenvalue weighted by Crippen LogP contribution is 2.25. The minimum absolute atomic E-state index is 0.330. The summed E-state index contributed by atoms with van der Waals surface area (Å²) in [7, 11) is 0. The van der Waals surface area contributed by atoms with E-state index in [0.29, 0.717) is 33.8 Å². The lowest BCUT2D eigenvalue weighted by Crippen LogP contribution is -2.13. The van der Waals surface area contributed by atoms with Crippen molar-refractivity contribution in [3.05, 3.63) is 81.6 Å². The van der Waals surface area contributed by atoms with Crippen LogP contribution in [0.3, 0.4) is 0 Å². The minimum atomic E-state index is -0.348. The molecule has 0 aliphatic carbocycles. The van der Waals surface area contributed by atoms with Gasteiger partial charge in [-0.25, -0.2) is 9.97 Å². The molecule has 1 heterocycles. The molecule has 0 fully saturated rings. The quantitative estimate of drug-likeness (QED) is 0.650. The Labute approximate surface area is 161 Å². The number of amides is 1. The van der Waals surface area contributed by atoms with Crippen molar-refractivity contribution in [3.8, 4) is 0 Å². The van der Waals surface area contributed by atoms with Crippen molar-refractivity contribution >= 4 is 40.7 Å². The number of nitrogens with one attached hydrogen (secondary N) is 2. The van der Waals surface area contributed by atoms with E-state index >= 15 is 0 Å². The molecule has 2 N–H and O–H groups in total. The number of hydrogen-bond donors (Lipinski definition) is 2. The molecule has 0 aliphatic heterocycles. The third-order valence-electron chi connectivity index (χ3n) is 3.66. The maximum atomic E-state index is 12.3. The van der Waals surface area contributed by atoms with Crippen molar-refractivity contribution in [3.63, 3.8) is 0 Å². The van der Waals surface area contributed by atoms with E-state index < -0.39 is 0 Å². The zero-order valence-electron chi connectivity index (χ0n) is 14.0. The zero-order chi connectivity index (χ0) is 18.5. The van der Waals surface area contributed by atoms with E-state index in [2.05, 4.69) is 20.6 Å². The molecule has 1 amide bonds. The molecule has 0 atom stereocenters. The predicted molar refractivity (Wildman–Crippen MR) is 105 cm³/mol. The average Bonchev–Trinajstić information content (AvgIpc) is 2.64. The summed E-state index contributed by atoms with van der Waals surface area (Å²) in [5.41, 5.74) is 3.14. The van der Waals surface area contributed by atoms with Crippen LogP contribution in [-0.2, 0) is 6.54 Å². The zero-order valence-corrected chi connectivity index (χ0v) is 15.5. The number of anilines is 2. The SMILES string of the molecule is Cc1ccc(CNc2ncc(C(=O)Nc3ccc(Cl)cc3Cl)cn2)cc1. The van der Waals surface area contributed by atoms with Gasteiger partial charge in [-0.15, -0.1) is 0 Å². The molecule has 3 aromatic rings. The molecular formula is C19H16Cl2N4O. The lowest BCUT2D eigenvalue weighted by atomic mass is 10.1. The lowest BCUT2D eigenvalue weighted by molar-refractivity contribution is 0.102. The Morgan fingerprint density at radius 2 is 1.73 bits per heavy atom. The molecule has 0 bridgehead atoms. The van der Waals surface area contributed by atoms with Crippen LogP contribution >= 0.6 is 23.2 Å². The van der Waals surface area contributed by atoms with Crippen LogP contribution in [-0.4, -0.2) is 15.9 Å². The molecule has 0 saturated carbocycles. The fourth-order valence-corrected chi connectivity index (χ4v) is 2.66. The van der Waals surface area contributed by atoms with Crippen molar-refractivity contribution < 1.29 is 4.79 Å². The van der Waals surface area contributed by atoms with E-state index in [1.54, 1.807) is 18.2 Å². The molecule has 0 radical (unpaired) electrons. The van der Waals surface area contributed by atoms with Crippen LogP contribution in [0, 0.1) is 6.92 Å². The minimum Gasteiger partial charge on any atom is -0.350 e. The number of carbonyl (C=O) groups is 1. The number of halogens is 2. The number of aryl methyl sites for hydroxylation is 1. The highest BCUT2D eigenvalue weighted by molar-refractivity contribution is 6.36. The summed E-state index contributed by atoms with van der Waals surface area (Å²) in [6, 6.07) is 13.0. The van der Waals surface area contributed by atoms with Crippen molar-refractivity contribution in [1.29, 1.82) is 0 Å². The molecule has 0 saturated heterocycles. The summed E-state index contributed by atoms with van der Waals surface area (Å²) >= 11 is 11.9. The van der Waals surface area contributed by atoms with Crippen LogP contribution in [0.5, 0.6) is 0 Å². The number of hydrogen-bond acceptors (Lipinski definition) is 4. The Morgan fingerprint density at radius 1 is 1.04 bits per heavy atom. The van der Waals surface area contributed by atoms with E-state index in [1.165, 1.54) is 18.0 Å². The first-order valence-corrected chi connectivity index (χ1v) is 8.65. The van der Waals surface area contributed by atoms with Crippen LogP contribution in [0.2, 0.25) is 10.0 Å². The smallest absolute Gasteiger partial charge is 0.258 e. The van der Waals surface area contributed by atoms with Crippen molar-refractivity contribution in [1.82, 2.24) is 9.97 Å². The molecule has 132 valence electrons. The van der Waals surface area contributed by atoms with Crippen LogP contribution < -0.4 is 10.6 Å². The maximum Gasteiger partial charge on any atom is 0.258 e. The summed E-state index contributed by atoms with van der Waals surface area (Å²) in [5.74, 6) is 0.103. The summed E-state index contributed by atoms with van der Waals surface area (Å²) in [6.07, 6.45) is 2.92. The second-order valence-electron chi connectivity index (χ2n) is 5.71. The maximum absolute atomic E-state index is 12.3. The standard InChI is InChI=1S/C19H16Cl2N4O/c1-12-2-4-13(5-3-12)9-22-19-23-10-14(11-24-19)18(26)25-17-7-6-15(20)8-16(17)21/h2-8,10-11H,9H2,1H3,(H,25,26)(H,22,23,24). The van der Waals surface area contributed by atoms with Gasteiger partial charge in [0.15, 0.2) is 0 Å². The van der Waals surface area contributed by atoms with Gasteiger partial charge in [-0.05, 0) is 30.7 Å². The second-order valence-corrected chi connectivity index (χ2v) is 6.56. The van der Waals surface area contributed by atoms with E-state index in [-0.39, 0.29) is 5.91 Å². The Balaban J connectivity index is 1.61. The predicted octanol–water partition coefficient (Wildman–Crippen LogP) is 4.96. The summed E-state index contributed by atoms with van der Waals surface area (Å²) in [5, 5.41) is 6.69. The monoisotopic (exact) mass is 386 g/mol. The molecule has 0 aliphatic rings. The van der Waals surface area contributed by atoms with Gasteiger partial charge in [0, 0.05) is 24.0 Å². The number of rotatable bonds is 5. The summed E-state index contributed by atoms with van der Waals surface area (Å²) < 4.78 is 0. The van der Waals surface area contributed by atoms with Crippen molar-refractivity contribution in [2.75, 3.05) is 10.6 Å². The Morgan fingerprint density at radius 3 is 2.38 bits per heavy atom. The molecule has 5 nitrogen and oxygen atoms in total. The first-order chi connectivity index (χ1) is 12.5. The van der Waals surface area contributed by atoms with Gasteiger partial charge in [-0.2, -0.15) is 0 Å². The molecule has 1 aromatic heterocycles. The second kappa shape index (κ2) is 8.17. The van der Waals surface area contributed by atoms with E-state index in [9.17, 15) is 4.79 Å². The first kappa shape index (κ1) is 18.2. The number of aromatic nitrogens is 2. The fourth-order valence-electron chi connectivity index (χ4n) is 2.21. The normalized spacial score (nSPS) is 10.4. The topological polar surface area (TPSA) is 66.9 Å². The third-order valence-corrected chi connectivity index (χ3v) is 4.21. The molecule has 0 spiro atoms. The number of carbonyl (C=O) groups excluding carboxylic acids is 1. The van der Waals surface area contributed by atoms with Gasteiger partial charge in [-0.1, -0.05) is 53.0 Å². The molecule has 7 heteroatoms. The highest BCUT2D eigenvalue weighted by atomic mass is 35.5. The number of benzene rings is 2. The van der Waals surface area contributed by atoms with Crippen LogP contribution in [0.1, 0.15) is 21.5 Å². The van der Waals surface area contributed by atoms with Crippen molar-refractivity contribution in [2.45, 2.75) is 13.5 Å². The van der Waals surface area contributed by atoms with Gasteiger partial charge in [0.2, 0.25) is 5.95 Å². The molecule has 0 unspecified atom stereocenters. The van der Waals surface area contributed by atoms with Crippen molar-refractivity contribution in [2.24, 2.45) is 0 Å². The highest BCUT2D eigenvalue weighted by Gasteiger charge is 2.10. The van der Waals surface area contributed by atoms with E-state index in [4.69, 9.17) is 23.2 Å². The van der Waals surface area contributed by atoms with Crippen LogP contribution in [0.4, 0.5) is 11.6 Å². The van der Waals surface area contributed by atoms with E-state index in [1.807, 2.05) is 31.2 Å². The Kier molecular flexibility index (Phi) is 5.71. The Bertz CT molecular complexity index is 912. The molecule has 3 rings (SSSR count). The molecule has 26 heavy (non-hydrogen) atoms. The Hall–Kier alpha value is -2.63. The van der Waals surface area contributed by atoms with E-state index in [0.717, 1.165) is 5.56 Å². The van der Waals surface area contributed by atoms with Gasteiger partial charge in [0.1, 0.15) is 0 Å².